The average Bonchev–Trinajstić information content (AvgIpc) is 3.01. The molecule has 7 nitrogen and oxygen atoms in total. The molecule has 7 heteroatoms. The molecule has 0 saturated carbocycles. The van der Waals surface area contributed by atoms with Crippen molar-refractivity contribution in [2.45, 2.75) is 44.6 Å². The fourth-order valence-electron chi connectivity index (χ4n) is 4.97. The molecule has 0 amide bonds. The number of benzene rings is 2. The van der Waals surface area contributed by atoms with E-state index < -0.39 is 0 Å². The van der Waals surface area contributed by atoms with Crippen molar-refractivity contribution in [3.8, 4) is 5.69 Å². The van der Waals surface area contributed by atoms with E-state index in [0.29, 0.717) is 5.92 Å². The van der Waals surface area contributed by atoms with Crippen molar-refractivity contribution in [3.63, 3.8) is 0 Å². The van der Waals surface area contributed by atoms with E-state index >= 15 is 0 Å². The number of rotatable bonds is 5. The van der Waals surface area contributed by atoms with Crippen molar-refractivity contribution in [2.75, 3.05) is 25.0 Å². The number of nitrogens with zero attached hydrogens (tertiary/aromatic N) is 4. The highest BCUT2D eigenvalue weighted by Gasteiger charge is 2.29. The average molecular weight is 432 g/mol. The van der Waals surface area contributed by atoms with Crippen LogP contribution < -0.4 is 5.32 Å². The SMILES string of the molecule is O=[N+]([O-])c1ccc(-n2nc(C3CCN(Cc4ccccc4)CC3)c3c2NCCCC3)cc1. The summed E-state index contributed by atoms with van der Waals surface area (Å²) in [6.45, 7) is 4.09. The molecule has 1 fully saturated rings. The van der Waals surface area contributed by atoms with Gasteiger partial charge in [0.15, 0.2) is 0 Å². The van der Waals surface area contributed by atoms with Gasteiger partial charge in [0.05, 0.1) is 16.3 Å². The van der Waals surface area contributed by atoms with Gasteiger partial charge < -0.3 is 5.32 Å². The van der Waals surface area contributed by atoms with E-state index in [9.17, 15) is 10.1 Å². The Morgan fingerprint density at radius 1 is 1.03 bits per heavy atom. The quantitative estimate of drug-likeness (QED) is 0.459. The Morgan fingerprint density at radius 2 is 1.78 bits per heavy atom. The first-order chi connectivity index (χ1) is 15.7. The van der Waals surface area contributed by atoms with Gasteiger partial charge in [0.25, 0.3) is 5.69 Å². The van der Waals surface area contributed by atoms with Crippen LogP contribution >= 0.6 is 0 Å². The van der Waals surface area contributed by atoms with Gasteiger partial charge in [0.1, 0.15) is 5.82 Å². The van der Waals surface area contributed by atoms with Crippen LogP contribution in [0.2, 0.25) is 0 Å². The van der Waals surface area contributed by atoms with E-state index in [2.05, 4.69) is 40.5 Å². The molecule has 1 saturated heterocycles. The zero-order chi connectivity index (χ0) is 21.9. The lowest BCUT2D eigenvalue weighted by Crippen LogP contribution is -2.32. The molecule has 5 rings (SSSR count). The normalized spacial score (nSPS) is 17.4. The van der Waals surface area contributed by atoms with Crippen LogP contribution in [0, 0.1) is 10.1 Å². The van der Waals surface area contributed by atoms with Crippen LogP contribution in [0.1, 0.15) is 48.4 Å². The van der Waals surface area contributed by atoms with Crippen LogP contribution in [-0.2, 0) is 13.0 Å². The summed E-state index contributed by atoms with van der Waals surface area (Å²) in [7, 11) is 0. The van der Waals surface area contributed by atoms with Crippen molar-refractivity contribution in [2.24, 2.45) is 0 Å². The Labute approximate surface area is 188 Å². The van der Waals surface area contributed by atoms with E-state index in [0.717, 1.165) is 69.8 Å². The summed E-state index contributed by atoms with van der Waals surface area (Å²) in [6.07, 6.45) is 5.55. The van der Waals surface area contributed by atoms with Gasteiger partial charge in [-0.3, -0.25) is 15.0 Å². The summed E-state index contributed by atoms with van der Waals surface area (Å²) in [5.74, 6) is 1.52. The highest BCUT2D eigenvalue weighted by molar-refractivity contribution is 5.56. The van der Waals surface area contributed by atoms with Gasteiger partial charge in [0.2, 0.25) is 0 Å². The lowest BCUT2D eigenvalue weighted by Gasteiger charge is -2.31. The summed E-state index contributed by atoms with van der Waals surface area (Å²) >= 11 is 0. The fourth-order valence-corrected chi connectivity index (χ4v) is 4.97. The summed E-state index contributed by atoms with van der Waals surface area (Å²) in [6, 6.07) is 17.4. The van der Waals surface area contributed by atoms with Gasteiger partial charge in [-0.05, 0) is 62.9 Å². The van der Waals surface area contributed by atoms with Gasteiger partial charge in [-0.25, -0.2) is 4.68 Å². The lowest BCUT2D eigenvalue weighted by molar-refractivity contribution is -0.384. The van der Waals surface area contributed by atoms with Crippen molar-refractivity contribution in [1.82, 2.24) is 14.7 Å². The van der Waals surface area contributed by atoms with Gasteiger partial charge >= 0.3 is 0 Å². The molecule has 0 unspecified atom stereocenters. The minimum Gasteiger partial charge on any atom is -0.370 e. The third-order valence-corrected chi connectivity index (χ3v) is 6.69. The molecular weight excluding hydrogens is 402 g/mol. The van der Waals surface area contributed by atoms with Crippen LogP contribution in [0.5, 0.6) is 0 Å². The Balaban J connectivity index is 1.38. The third-order valence-electron chi connectivity index (χ3n) is 6.69. The minimum absolute atomic E-state index is 0.103. The monoisotopic (exact) mass is 431 g/mol. The number of hydrogen-bond acceptors (Lipinski definition) is 5. The molecule has 2 aliphatic heterocycles. The van der Waals surface area contributed by atoms with E-state index in [1.54, 1.807) is 24.3 Å². The number of nitrogens with one attached hydrogen (secondary N) is 1. The maximum Gasteiger partial charge on any atom is 0.269 e. The molecule has 2 aliphatic rings. The van der Waals surface area contributed by atoms with Gasteiger partial charge in [-0.1, -0.05) is 30.3 Å². The first kappa shape index (κ1) is 20.7. The largest absolute Gasteiger partial charge is 0.370 e. The third kappa shape index (κ3) is 4.25. The Morgan fingerprint density at radius 3 is 2.50 bits per heavy atom. The second-order valence-electron chi connectivity index (χ2n) is 8.82. The zero-order valence-electron chi connectivity index (χ0n) is 18.2. The second-order valence-corrected chi connectivity index (χ2v) is 8.82. The van der Waals surface area contributed by atoms with Crippen LogP contribution in [0.15, 0.2) is 54.6 Å². The number of nitro benzene ring substituents is 1. The summed E-state index contributed by atoms with van der Waals surface area (Å²) in [5, 5.41) is 19.7. The molecule has 1 aromatic heterocycles. The smallest absolute Gasteiger partial charge is 0.269 e. The summed E-state index contributed by atoms with van der Waals surface area (Å²) in [4.78, 5) is 13.2. The number of piperidine rings is 1. The number of hydrogen-bond donors (Lipinski definition) is 1. The number of likely N-dealkylation sites (tertiary alicyclic amines) is 1. The minimum atomic E-state index is -0.361. The summed E-state index contributed by atoms with van der Waals surface area (Å²) < 4.78 is 1.97. The maximum absolute atomic E-state index is 11.0. The first-order valence-electron chi connectivity index (χ1n) is 11.6. The topological polar surface area (TPSA) is 76.2 Å². The molecule has 32 heavy (non-hydrogen) atoms. The molecule has 3 heterocycles. The number of non-ortho nitro benzene ring substituents is 1. The highest BCUT2D eigenvalue weighted by atomic mass is 16.6. The number of nitro groups is 1. The van der Waals surface area contributed by atoms with Crippen LogP contribution in [0.25, 0.3) is 5.69 Å². The van der Waals surface area contributed by atoms with Crippen molar-refractivity contribution >= 4 is 11.5 Å². The van der Waals surface area contributed by atoms with E-state index in [4.69, 9.17) is 5.10 Å². The Kier molecular flexibility index (Phi) is 5.90. The van der Waals surface area contributed by atoms with Crippen molar-refractivity contribution in [3.05, 3.63) is 81.5 Å². The Bertz CT molecular complexity index is 1070. The fraction of sp³-hybridized carbons (Fsp3) is 0.400. The molecule has 0 aliphatic carbocycles. The van der Waals surface area contributed by atoms with Crippen molar-refractivity contribution < 1.29 is 4.92 Å². The summed E-state index contributed by atoms with van der Waals surface area (Å²) in [5.41, 5.74) is 4.89. The molecule has 3 aromatic rings. The van der Waals surface area contributed by atoms with Crippen LogP contribution in [0.4, 0.5) is 11.5 Å². The number of aromatic nitrogens is 2. The van der Waals surface area contributed by atoms with Gasteiger partial charge in [-0.2, -0.15) is 5.10 Å². The van der Waals surface area contributed by atoms with Crippen LogP contribution in [-0.4, -0.2) is 39.2 Å². The Hall–Kier alpha value is -3.19. The molecule has 0 spiro atoms. The molecular formula is C25H29N5O2. The molecule has 1 N–H and O–H groups in total. The van der Waals surface area contributed by atoms with E-state index in [1.165, 1.54) is 16.8 Å². The predicted molar refractivity (Wildman–Crippen MR) is 125 cm³/mol. The van der Waals surface area contributed by atoms with Gasteiger partial charge in [-0.15, -0.1) is 0 Å². The number of fused-ring (bicyclic) bond motifs is 1. The zero-order valence-corrected chi connectivity index (χ0v) is 18.2. The standard InChI is InChI=1S/C25H29N5O2/c31-30(32)22-11-9-21(10-12-22)29-25-23(8-4-5-15-26-25)24(27-29)20-13-16-28(17-14-20)18-19-6-2-1-3-7-19/h1-3,6-7,9-12,20,26H,4-5,8,13-18H2. The highest BCUT2D eigenvalue weighted by Crippen LogP contribution is 2.36. The van der Waals surface area contributed by atoms with Gasteiger partial charge in [0, 0.05) is 36.7 Å². The number of anilines is 1. The van der Waals surface area contributed by atoms with E-state index in [1.807, 2.05) is 4.68 Å². The molecule has 166 valence electrons. The van der Waals surface area contributed by atoms with Crippen LogP contribution in [0.3, 0.4) is 0 Å². The first-order valence-corrected chi connectivity index (χ1v) is 11.6. The molecule has 0 radical (unpaired) electrons. The van der Waals surface area contributed by atoms with E-state index in [-0.39, 0.29) is 10.6 Å². The lowest BCUT2D eigenvalue weighted by atomic mass is 9.90. The molecule has 2 aromatic carbocycles. The predicted octanol–water partition coefficient (Wildman–Crippen LogP) is 4.91. The van der Waals surface area contributed by atoms with Crippen molar-refractivity contribution in [1.29, 1.82) is 0 Å². The maximum atomic E-state index is 11.0. The molecule has 0 bridgehead atoms. The molecule has 0 atom stereocenters. The second kappa shape index (κ2) is 9.12.